The number of halogens is 1. The second-order valence-electron chi connectivity index (χ2n) is 4.96. The Balaban J connectivity index is 2.02. The third-order valence-corrected chi connectivity index (χ3v) is 3.72. The lowest BCUT2D eigenvalue weighted by Crippen LogP contribution is -2.38. The van der Waals surface area contributed by atoms with Crippen LogP contribution < -0.4 is 10.1 Å². The maximum Gasteiger partial charge on any atom is 0.288 e. The molecule has 0 aromatic heterocycles. The Morgan fingerprint density at radius 1 is 1.53 bits per heavy atom. The zero-order valence-corrected chi connectivity index (χ0v) is 11.7. The normalized spacial score (nSPS) is 21.8. The standard InChI is InChI=1S/C13H17ClN2O3/c1-8-3-12(16(17)18)11(14)6-13(8)19-10-4-9(5-10)7-15-2/h3,6,9-10,15H,4-5,7H2,1-2H3. The van der Waals surface area contributed by atoms with Gasteiger partial charge in [-0.3, -0.25) is 10.1 Å². The van der Waals surface area contributed by atoms with Crippen LogP contribution in [-0.2, 0) is 0 Å². The lowest BCUT2D eigenvalue weighted by molar-refractivity contribution is -0.384. The molecule has 0 unspecified atom stereocenters. The molecule has 0 bridgehead atoms. The third-order valence-electron chi connectivity index (χ3n) is 3.42. The Morgan fingerprint density at radius 2 is 2.21 bits per heavy atom. The van der Waals surface area contributed by atoms with Crippen molar-refractivity contribution >= 4 is 17.3 Å². The Hall–Kier alpha value is -1.33. The van der Waals surface area contributed by atoms with Gasteiger partial charge in [-0.2, -0.15) is 0 Å². The first-order valence-corrected chi connectivity index (χ1v) is 6.65. The lowest BCUT2D eigenvalue weighted by atomic mass is 9.82. The highest BCUT2D eigenvalue weighted by Crippen LogP contribution is 2.36. The molecular formula is C13H17ClN2O3. The number of nitro benzene ring substituents is 1. The molecule has 1 saturated carbocycles. The van der Waals surface area contributed by atoms with Crippen molar-refractivity contribution in [3.05, 3.63) is 32.8 Å². The van der Waals surface area contributed by atoms with E-state index in [1.807, 2.05) is 7.05 Å². The minimum absolute atomic E-state index is 0.0758. The van der Waals surface area contributed by atoms with Crippen molar-refractivity contribution in [2.75, 3.05) is 13.6 Å². The van der Waals surface area contributed by atoms with Crippen LogP contribution in [-0.4, -0.2) is 24.6 Å². The first kappa shape index (κ1) is 14.1. The van der Waals surface area contributed by atoms with Gasteiger partial charge in [0.25, 0.3) is 5.69 Å². The van der Waals surface area contributed by atoms with Crippen LogP contribution in [0, 0.1) is 23.0 Å². The third kappa shape index (κ3) is 3.16. The van der Waals surface area contributed by atoms with E-state index in [0.717, 1.165) is 24.9 Å². The van der Waals surface area contributed by atoms with Crippen LogP contribution in [0.25, 0.3) is 0 Å². The van der Waals surface area contributed by atoms with Gasteiger partial charge in [-0.25, -0.2) is 0 Å². The summed E-state index contributed by atoms with van der Waals surface area (Å²) in [5, 5.41) is 14.0. The molecule has 0 amide bonds. The number of hydrogen-bond donors (Lipinski definition) is 1. The van der Waals surface area contributed by atoms with Gasteiger partial charge in [-0.15, -0.1) is 0 Å². The van der Waals surface area contributed by atoms with E-state index in [1.165, 1.54) is 6.07 Å². The van der Waals surface area contributed by atoms with Crippen molar-refractivity contribution in [1.82, 2.24) is 5.32 Å². The summed E-state index contributed by atoms with van der Waals surface area (Å²) in [6, 6.07) is 3.00. The summed E-state index contributed by atoms with van der Waals surface area (Å²) in [6.07, 6.45) is 2.21. The maximum absolute atomic E-state index is 10.8. The van der Waals surface area contributed by atoms with Crippen molar-refractivity contribution in [2.24, 2.45) is 5.92 Å². The molecular weight excluding hydrogens is 268 g/mol. The van der Waals surface area contributed by atoms with Gasteiger partial charge in [-0.05, 0) is 44.8 Å². The van der Waals surface area contributed by atoms with Gasteiger partial charge in [0.2, 0.25) is 0 Å². The van der Waals surface area contributed by atoms with E-state index >= 15 is 0 Å². The highest BCUT2D eigenvalue weighted by molar-refractivity contribution is 6.32. The second-order valence-corrected chi connectivity index (χ2v) is 5.37. The summed E-state index contributed by atoms with van der Waals surface area (Å²) in [7, 11) is 1.94. The molecule has 0 aliphatic heterocycles. The van der Waals surface area contributed by atoms with Crippen molar-refractivity contribution in [3.63, 3.8) is 0 Å². The molecule has 1 aliphatic carbocycles. The van der Waals surface area contributed by atoms with Crippen LogP contribution >= 0.6 is 11.6 Å². The van der Waals surface area contributed by atoms with Crippen LogP contribution in [0.2, 0.25) is 5.02 Å². The Kier molecular flexibility index (Phi) is 4.27. The highest BCUT2D eigenvalue weighted by atomic mass is 35.5. The Morgan fingerprint density at radius 3 is 2.79 bits per heavy atom. The fraction of sp³-hybridized carbons (Fsp3) is 0.538. The zero-order chi connectivity index (χ0) is 14.0. The van der Waals surface area contributed by atoms with Crippen LogP contribution in [0.3, 0.4) is 0 Å². The van der Waals surface area contributed by atoms with Gasteiger partial charge >= 0.3 is 0 Å². The molecule has 1 aromatic rings. The highest BCUT2D eigenvalue weighted by Gasteiger charge is 2.30. The molecule has 1 N–H and O–H groups in total. The van der Waals surface area contributed by atoms with Crippen molar-refractivity contribution < 1.29 is 9.66 Å². The van der Waals surface area contributed by atoms with E-state index < -0.39 is 4.92 Å². The maximum atomic E-state index is 10.8. The molecule has 1 aromatic carbocycles. The number of hydrogen-bond acceptors (Lipinski definition) is 4. The molecule has 104 valence electrons. The molecule has 5 nitrogen and oxygen atoms in total. The summed E-state index contributed by atoms with van der Waals surface area (Å²) in [4.78, 5) is 10.3. The van der Waals surface area contributed by atoms with Gasteiger partial charge in [0.1, 0.15) is 10.8 Å². The number of nitrogens with zero attached hydrogens (tertiary/aromatic N) is 1. The molecule has 0 radical (unpaired) electrons. The smallest absolute Gasteiger partial charge is 0.288 e. The quantitative estimate of drug-likeness (QED) is 0.667. The topological polar surface area (TPSA) is 64.4 Å². The number of nitro groups is 1. The van der Waals surface area contributed by atoms with E-state index in [2.05, 4.69) is 5.32 Å². The predicted molar refractivity (Wildman–Crippen MR) is 73.9 cm³/mol. The van der Waals surface area contributed by atoms with Crippen molar-refractivity contribution in [1.29, 1.82) is 0 Å². The SMILES string of the molecule is CNCC1CC(Oc2cc(Cl)c([N+](=O)[O-])cc2C)C1. The van der Waals surface area contributed by atoms with Gasteiger partial charge < -0.3 is 10.1 Å². The minimum Gasteiger partial charge on any atom is -0.490 e. The largest absolute Gasteiger partial charge is 0.490 e. The van der Waals surface area contributed by atoms with Crippen molar-refractivity contribution in [3.8, 4) is 5.75 Å². The summed E-state index contributed by atoms with van der Waals surface area (Å²) >= 11 is 5.89. The fourth-order valence-electron chi connectivity index (χ4n) is 2.32. The molecule has 0 atom stereocenters. The van der Waals surface area contributed by atoms with Crippen LogP contribution in [0.5, 0.6) is 5.75 Å². The van der Waals surface area contributed by atoms with Crippen molar-refractivity contribution in [2.45, 2.75) is 25.9 Å². The Labute approximate surface area is 117 Å². The predicted octanol–water partition coefficient (Wildman–Crippen LogP) is 2.93. The summed E-state index contributed by atoms with van der Waals surface area (Å²) in [5.41, 5.74) is 0.668. The molecule has 0 saturated heterocycles. The lowest BCUT2D eigenvalue weighted by Gasteiger charge is -2.35. The molecule has 19 heavy (non-hydrogen) atoms. The van der Waals surface area contributed by atoms with E-state index in [0.29, 0.717) is 11.7 Å². The van der Waals surface area contributed by atoms with Gasteiger partial charge in [-0.1, -0.05) is 11.6 Å². The second kappa shape index (κ2) is 5.75. The van der Waals surface area contributed by atoms with E-state index in [1.54, 1.807) is 13.0 Å². The number of nitrogens with one attached hydrogen (secondary N) is 1. The molecule has 0 spiro atoms. The molecule has 2 rings (SSSR count). The van der Waals surface area contributed by atoms with Gasteiger partial charge in [0, 0.05) is 12.1 Å². The minimum atomic E-state index is -0.481. The Bertz CT molecular complexity index is 487. The number of aryl methyl sites for hydroxylation is 1. The number of ether oxygens (including phenoxy) is 1. The van der Waals surface area contributed by atoms with Gasteiger partial charge in [0.05, 0.1) is 11.0 Å². The fourth-order valence-corrected chi connectivity index (χ4v) is 2.54. The zero-order valence-electron chi connectivity index (χ0n) is 11.0. The van der Waals surface area contributed by atoms with Crippen LogP contribution in [0.15, 0.2) is 12.1 Å². The van der Waals surface area contributed by atoms with E-state index in [4.69, 9.17) is 16.3 Å². The summed E-state index contributed by atoms with van der Waals surface area (Å²) in [6.45, 7) is 2.79. The van der Waals surface area contributed by atoms with Crippen LogP contribution in [0.1, 0.15) is 18.4 Å². The van der Waals surface area contributed by atoms with Crippen LogP contribution in [0.4, 0.5) is 5.69 Å². The number of benzene rings is 1. The first-order valence-electron chi connectivity index (χ1n) is 6.27. The van der Waals surface area contributed by atoms with E-state index in [9.17, 15) is 10.1 Å². The molecule has 0 heterocycles. The first-order chi connectivity index (χ1) is 9.01. The van der Waals surface area contributed by atoms with Gasteiger partial charge in [0.15, 0.2) is 0 Å². The molecule has 1 aliphatic rings. The molecule has 1 fully saturated rings. The average Bonchev–Trinajstić information content (AvgIpc) is 2.30. The summed E-state index contributed by atoms with van der Waals surface area (Å²) < 4.78 is 5.84. The summed E-state index contributed by atoms with van der Waals surface area (Å²) in [5.74, 6) is 1.30. The number of rotatable bonds is 5. The average molecular weight is 285 g/mol. The monoisotopic (exact) mass is 284 g/mol. The molecule has 6 heteroatoms. The van der Waals surface area contributed by atoms with E-state index in [-0.39, 0.29) is 16.8 Å².